The van der Waals surface area contributed by atoms with E-state index in [1.54, 1.807) is 0 Å². The maximum atomic E-state index is 12.1. The zero-order chi connectivity index (χ0) is 38.2. The van der Waals surface area contributed by atoms with E-state index in [0.717, 1.165) is 70.6 Å². The molecule has 0 heterocycles. The highest BCUT2D eigenvalue weighted by molar-refractivity contribution is 7.47. The molecule has 2 atom stereocenters. The topological polar surface area (TPSA) is 131 Å². The Kier molecular flexibility index (Phi) is 37.6. The van der Waals surface area contributed by atoms with Crippen molar-refractivity contribution in [1.29, 1.82) is 0 Å². The van der Waals surface area contributed by atoms with E-state index in [4.69, 9.17) is 13.8 Å². The van der Waals surface area contributed by atoms with Crippen LogP contribution in [0.1, 0.15) is 187 Å². The van der Waals surface area contributed by atoms with Crippen LogP contribution in [0.15, 0.2) is 36.5 Å². The van der Waals surface area contributed by atoms with Crippen molar-refractivity contribution in [3.05, 3.63) is 36.5 Å². The lowest BCUT2D eigenvalue weighted by Gasteiger charge is -2.15. The Morgan fingerprint density at radius 3 is 1.65 bits per heavy atom. The highest BCUT2D eigenvalue weighted by Crippen LogP contribution is 2.42. The van der Waals surface area contributed by atoms with E-state index < -0.39 is 26.5 Å². The molecular weight excluding hydrogens is 677 g/mol. The maximum Gasteiger partial charge on any atom is 0.472 e. The molecular formula is C42H78NO8P. The Labute approximate surface area is 318 Å². The number of hydrogen-bond acceptors (Lipinski definition) is 7. The molecule has 0 aromatic carbocycles. The number of phosphoric ester groups is 1. The van der Waals surface area contributed by atoms with Crippen LogP contribution in [0.3, 0.4) is 0 Å². The standard InChI is InChI=1S/C42H78NO8P/c1-3-5-7-9-11-13-15-17-19-20-21-23-25-27-29-31-33-35-42(46)49-38-40(44)39-51-52(47,48)50-37-36-43-41(45)34-32-30-28-26-24-22-18-16-14-12-10-8-6-4-2/h5,7,11,13,17,19,40,44H,3-4,6,8-10,12,14-16,18,20-39H2,1-2H3,(H,43,45)(H,47,48)/b7-5-,13-11-,19-17-. The Bertz CT molecular complexity index is 954. The summed E-state index contributed by atoms with van der Waals surface area (Å²) in [6, 6.07) is 0. The van der Waals surface area contributed by atoms with Gasteiger partial charge in [0.1, 0.15) is 12.7 Å². The van der Waals surface area contributed by atoms with Gasteiger partial charge in [-0.15, -0.1) is 0 Å². The molecule has 52 heavy (non-hydrogen) atoms. The quantitative estimate of drug-likeness (QED) is 0.0244. The number of rotatable bonds is 39. The van der Waals surface area contributed by atoms with Gasteiger partial charge < -0.3 is 20.1 Å². The zero-order valence-electron chi connectivity index (χ0n) is 33.3. The van der Waals surface area contributed by atoms with E-state index in [9.17, 15) is 24.2 Å². The molecule has 0 rings (SSSR count). The maximum absolute atomic E-state index is 12.1. The largest absolute Gasteiger partial charge is 0.472 e. The molecule has 0 bridgehead atoms. The number of phosphoric acid groups is 1. The second-order valence-corrected chi connectivity index (χ2v) is 15.4. The van der Waals surface area contributed by atoms with E-state index in [-0.39, 0.29) is 32.1 Å². The van der Waals surface area contributed by atoms with Crippen molar-refractivity contribution in [1.82, 2.24) is 5.32 Å². The minimum absolute atomic E-state index is 0.0826. The SMILES string of the molecule is CC/C=C\C/C=C\C/C=C\CCCCCCCCCC(=O)OCC(O)COP(=O)(O)OCCNC(=O)CCCCCCCCCCCCCCCC. The molecule has 2 unspecified atom stereocenters. The fourth-order valence-corrected chi connectivity index (χ4v) is 6.45. The number of hydrogen-bond donors (Lipinski definition) is 3. The van der Waals surface area contributed by atoms with E-state index in [1.807, 2.05) is 0 Å². The first kappa shape index (κ1) is 50.2. The number of carbonyl (C=O) groups is 2. The summed E-state index contributed by atoms with van der Waals surface area (Å²) in [6.07, 6.45) is 42.1. The number of nitrogens with one attached hydrogen (secondary N) is 1. The van der Waals surface area contributed by atoms with E-state index in [1.165, 1.54) is 89.9 Å². The van der Waals surface area contributed by atoms with Crippen molar-refractivity contribution in [2.45, 2.75) is 193 Å². The van der Waals surface area contributed by atoms with Gasteiger partial charge in [-0.25, -0.2) is 4.57 Å². The van der Waals surface area contributed by atoms with Crippen molar-refractivity contribution in [3.8, 4) is 0 Å². The van der Waals surface area contributed by atoms with Gasteiger partial charge in [-0.2, -0.15) is 0 Å². The molecule has 10 heteroatoms. The summed E-state index contributed by atoms with van der Waals surface area (Å²) >= 11 is 0. The fourth-order valence-electron chi connectivity index (χ4n) is 5.69. The average Bonchev–Trinajstić information content (AvgIpc) is 3.13. The minimum atomic E-state index is -4.41. The van der Waals surface area contributed by atoms with Crippen LogP contribution in [0.5, 0.6) is 0 Å². The van der Waals surface area contributed by atoms with Gasteiger partial charge >= 0.3 is 13.8 Å². The van der Waals surface area contributed by atoms with Crippen LogP contribution in [0.25, 0.3) is 0 Å². The highest BCUT2D eigenvalue weighted by atomic mass is 31.2. The Balaban J connectivity index is 3.61. The summed E-state index contributed by atoms with van der Waals surface area (Å²) in [6.45, 7) is 3.44. The molecule has 0 aromatic rings. The molecule has 0 aliphatic heterocycles. The van der Waals surface area contributed by atoms with Crippen molar-refractivity contribution in [2.24, 2.45) is 0 Å². The predicted octanol–water partition coefficient (Wildman–Crippen LogP) is 11.4. The first-order chi connectivity index (χ1) is 25.3. The van der Waals surface area contributed by atoms with Gasteiger partial charge in [0.15, 0.2) is 0 Å². The van der Waals surface area contributed by atoms with Gasteiger partial charge in [-0.3, -0.25) is 18.6 Å². The molecule has 0 aliphatic rings. The van der Waals surface area contributed by atoms with Crippen molar-refractivity contribution in [2.75, 3.05) is 26.4 Å². The molecule has 0 aromatic heterocycles. The molecule has 304 valence electrons. The van der Waals surface area contributed by atoms with Crippen LogP contribution in [-0.2, 0) is 27.9 Å². The Morgan fingerprint density at radius 2 is 1.10 bits per heavy atom. The molecule has 1 amide bonds. The first-order valence-electron chi connectivity index (χ1n) is 21.0. The van der Waals surface area contributed by atoms with E-state index >= 15 is 0 Å². The molecule has 0 saturated carbocycles. The Hall–Kier alpha value is -1.77. The summed E-state index contributed by atoms with van der Waals surface area (Å²) in [4.78, 5) is 33.9. The third kappa shape index (κ3) is 39.4. The summed E-state index contributed by atoms with van der Waals surface area (Å²) in [7, 11) is -4.41. The van der Waals surface area contributed by atoms with Gasteiger partial charge in [-0.1, -0.05) is 166 Å². The van der Waals surface area contributed by atoms with E-state index in [0.29, 0.717) is 6.42 Å². The normalized spacial score (nSPS) is 13.7. The Morgan fingerprint density at radius 1 is 0.615 bits per heavy atom. The number of aliphatic hydroxyl groups is 1. The lowest BCUT2D eigenvalue weighted by atomic mass is 10.0. The summed E-state index contributed by atoms with van der Waals surface area (Å²) in [5, 5.41) is 12.7. The number of unbranched alkanes of at least 4 members (excludes halogenated alkanes) is 20. The number of aliphatic hydroxyl groups excluding tert-OH is 1. The second-order valence-electron chi connectivity index (χ2n) is 13.9. The van der Waals surface area contributed by atoms with Crippen LogP contribution in [0, 0.1) is 0 Å². The predicted molar refractivity (Wildman–Crippen MR) is 215 cm³/mol. The molecule has 3 N–H and O–H groups in total. The zero-order valence-corrected chi connectivity index (χ0v) is 34.1. The summed E-state index contributed by atoms with van der Waals surface area (Å²) < 4.78 is 26.8. The van der Waals surface area contributed by atoms with Crippen LogP contribution in [0.4, 0.5) is 0 Å². The van der Waals surface area contributed by atoms with Gasteiger partial charge in [-0.05, 0) is 44.9 Å². The lowest BCUT2D eigenvalue weighted by Crippen LogP contribution is -2.27. The van der Waals surface area contributed by atoms with Crippen molar-refractivity contribution < 1.29 is 37.9 Å². The molecule has 0 aliphatic carbocycles. The minimum Gasteiger partial charge on any atom is -0.463 e. The highest BCUT2D eigenvalue weighted by Gasteiger charge is 2.23. The van der Waals surface area contributed by atoms with E-state index in [2.05, 4.69) is 55.6 Å². The number of carbonyl (C=O) groups excluding carboxylic acids is 2. The van der Waals surface area contributed by atoms with Gasteiger partial charge in [0.05, 0.1) is 13.2 Å². The summed E-state index contributed by atoms with van der Waals surface area (Å²) in [5.41, 5.74) is 0. The van der Waals surface area contributed by atoms with Crippen LogP contribution in [0.2, 0.25) is 0 Å². The molecule has 0 saturated heterocycles. The van der Waals surface area contributed by atoms with Gasteiger partial charge in [0, 0.05) is 19.4 Å². The number of esters is 1. The second kappa shape index (κ2) is 38.9. The number of allylic oxidation sites excluding steroid dienone is 6. The van der Waals surface area contributed by atoms with Gasteiger partial charge in [0.2, 0.25) is 5.91 Å². The van der Waals surface area contributed by atoms with Crippen LogP contribution in [-0.4, -0.2) is 54.3 Å². The van der Waals surface area contributed by atoms with Crippen molar-refractivity contribution in [3.63, 3.8) is 0 Å². The molecule has 0 radical (unpaired) electrons. The fraction of sp³-hybridized carbons (Fsp3) is 0.810. The lowest BCUT2D eigenvalue weighted by molar-refractivity contribution is -0.147. The van der Waals surface area contributed by atoms with Crippen molar-refractivity contribution >= 4 is 19.7 Å². The summed E-state index contributed by atoms with van der Waals surface area (Å²) in [5.74, 6) is -0.524. The molecule has 9 nitrogen and oxygen atoms in total. The van der Waals surface area contributed by atoms with Crippen LogP contribution >= 0.6 is 7.82 Å². The molecule has 0 fully saturated rings. The first-order valence-corrected chi connectivity index (χ1v) is 22.5. The molecule has 0 spiro atoms. The number of amides is 1. The number of ether oxygens (including phenoxy) is 1. The third-order valence-corrected chi connectivity index (χ3v) is 9.82. The monoisotopic (exact) mass is 756 g/mol. The van der Waals surface area contributed by atoms with Crippen LogP contribution < -0.4 is 5.32 Å². The average molecular weight is 756 g/mol. The smallest absolute Gasteiger partial charge is 0.463 e. The third-order valence-electron chi connectivity index (χ3n) is 8.83. The van der Waals surface area contributed by atoms with Gasteiger partial charge in [0.25, 0.3) is 0 Å².